The van der Waals surface area contributed by atoms with Gasteiger partial charge in [-0.3, -0.25) is 0 Å². The minimum atomic E-state index is 0.378. The van der Waals surface area contributed by atoms with E-state index in [0.717, 1.165) is 66.0 Å². The summed E-state index contributed by atoms with van der Waals surface area (Å²) < 4.78 is 11.6. The fourth-order valence-corrected chi connectivity index (χ4v) is 5.03. The molecule has 0 saturated heterocycles. The third kappa shape index (κ3) is 6.34. The maximum atomic E-state index is 6.09. The molecule has 38 heavy (non-hydrogen) atoms. The molecule has 0 radical (unpaired) electrons. The van der Waals surface area contributed by atoms with E-state index in [2.05, 4.69) is 41.0 Å². The summed E-state index contributed by atoms with van der Waals surface area (Å²) in [4.78, 5) is 11.6. The number of benzene rings is 3. The Morgan fingerprint density at radius 2 is 1.55 bits per heavy atom. The minimum absolute atomic E-state index is 0.378. The third-order valence-electron chi connectivity index (χ3n) is 7.13. The lowest BCUT2D eigenvalue weighted by molar-refractivity contribution is 0.284. The maximum Gasteiger partial charge on any atom is 0.225 e. The lowest BCUT2D eigenvalue weighted by Gasteiger charge is -2.30. The van der Waals surface area contributed by atoms with E-state index < -0.39 is 0 Å². The summed E-state index contributed by atoms with van der Waals surface area (Å²) in [7, 11) is 5.73. The summed E-state index contributed by atoms with van der Waals surface area (Å²) in [6.45, 7) is 1.32. The Balaban J connectivity index is 1.14. The number of rotatable bonds is 10. The smallest absolute Gasteiger partial charge is 0.225 e. The molecule has 1 aliphatic rings. The number of para-hydroxylation sites is 1. The molecule has 7 nitrogen and oxygen atoms in total. The van der Waals surface area contributed by atoms with Gasteiger partial charge >= 0.3 is 0 Å². The Morgan fingerprint density at radius 3 is 2.32 bits per heavy atom. The van der Waals surface area contributed by atoms with Crippen LogP contribution < -0.4 is 25.0 Å². The number of ether oxygens (including phenoxy) is 2. The monoisotopic (exact) mass is 511 g/mol. The van der Waals surface area contributed by atoms with Gasteiger partial charge in [0.15, 0.2) is 11.5 Å². The topological polar surface area (TPSA) is 71.5 Å². The Labute approximate surface area is 225 Å². The average molecular weight is 512 g/mol. The van der Waals surface area contributed by atoms with Gasteiger partial charge in [0.2, 0.25) is 5.95 Å². The van der Waals surface area contributed by atoms with Gasteiger partial charge in [0, 0.05) is 38.1 Å². The van der Waals surface area contributed by atoms with Crippen molar-refractivity contribution in [2.24, 2.45) is 0 Å². The van der Waals surface area contributed by atoms with E-state index in [-0.39, 0.29) is 0 Å². The number of hydrogen-bond acceptors (Lipinski definition) is 7. The quantitative estimate of drug-likeness (QED) is 0.279. The van der Waals surface area contributed by atoms with E-state index in [4.69, 9.17) is 19.4 Å². The first-order valence-electron chi connectivity index (χ1n) is 13.4. The van der Waals surface area contributed by atoms with Gasteiger partial charge in [-0.15, -0.1) is 0 Å². The molecule has 0 spiro atoms. The van der Waals surface area contributed by atoms with Crippen LogP contribution in [-0.4, -0.2) is 43.3 Å². The van der Waals surface area contributed by atoms with Gasteiger partial charge < -0.3 is 25.0 Å². The maximum absolute atomic E-state index is 6.09. The molecule has 0 aliphatic heterocycles. The highest BCUT2D eigenvalue weighted by atomic mass is 16.5. The molecular weight excluding hydrogens is 474 g/mol. The van der Waals surface area contributed by atoms with E-state index >= 15 is 0 Å². The summed E-state index contributed by atoms with van der Waals surface area (Å²) in [6.07, 6.45) is 4.39. The van der Waals surface area contributed by atoms with E-state index in [1.54, 1.807) is 7.11 Å². The Kier molecular flexibility index (Phi) is 8.24. The number of methoxy groups -OCH3 is 1. The highest BCUT2D eigenvalue weighted by Gasteiger charge is 2.22. The van der Waals surface area contributed by atoms with Gasteiger partial charge in [-0.05, 0) is 61.1 Å². The normalized spacial score (nSPS) is 17.2. The molecule has 0 unspecified atom stereocenters. The summed E-state index contributed by atoms with van der Waals surface area (Å²) in [5.74, 6) is 3.19. The molecule has 198 valence electrons. The van der Waals surface area contributed by atoms with Crippen LogP contribution in [0.4, 0.5) is 11.8 Å². The molecule has 5 rings (SSSR count). The molecule has 1 heterocycles. The van der Waals surface area contributed by atoms with Crippen molar-refractivity contribution in [1.82, 2.24) is 15.3 Å². The summed E-state index contributed by atoms with van der Waals surface area (Å²) in [6, 6.07) is 25.4. The zero-order chi connectivity index (χ0) is 26.3. The van der Waals surface area contributed by atoms with Crippen LogP contribution >= 0.6 is 0 Å². The molecule has 0 amide bonds. The van der Waals surface area contributed by atoms with Crippen molar-refractivity contribution < 1.29 is 9.47 Å². The van der Waals surface area contributed by atoms with Crippen LogP contribution in [0.25, 0.3) is 10.9 Å². The van der Waals surface area contributed by atoms with E-state index in [1.165, 1.54) is 5.56 Å². The summed E-state index contributed by atoms with van der Waals surface area (Å²) >= 11 is 0. The molecule has 7 heteroatoms. The fraction of sp³-hybridized carbons (Fsp3) is 0.355. The van der Waals surface area contributed by atoms with Crippen LogP contribution in [0.3, 0.4) is 0 Å². The Morgan fingerprint density at radius 1 is 0.816 bits per heavy atom. The average Bonchev–Trinajstić information content (AvgIpc) is 2.96. The second-order valence-electron chi connectivity index (χ2n) is 10.1. The number of nitrogens with one attached hydrogen (secondary N) is 2. The van der Waals surface area contributed by atoms with Crippen LogP contribution in [0, 0.1) is 0 Å². The van der Waals surface area contributed by atoms with Crippen LogP contribution in [0.2, 0.25) is 0 Å². The number of fused-ring (bicyclic) bond motifs is 1. The Bertz CT molecular complexity index is 1340. The van der Waals surface area contributed by atoms with Gasteiger partial charge in [-0.2, -0.15) is 4.98 Å². The second kappa shape index (κ2) is 12.1. The molecule has 2 N–H and O–H groups in total. The van der Waals surface area contributed by atoms with Gasteiger partial charge in [0.25, 0.3) is 0 Å². The first-order valence-corrected chi connectivity index (χ1v) is 13.4. The first-order chi connectivity index (χ1) is 18.6. The van der Waals surface area contributed by atoms with Crippen molar-refractivity contribution in [2.75, 3.05) is 31.4 Å². The fourth-order valence-electron chi connectivity index (χ4n) is 5.03. The zero-order valence-corrected chi connectivity index (χ0v) is 22.5. The molecule has 4 aromatic rings. The minimum Gasteiger partial charge on any atom is -0.493 e. The molecule has 0 atom stereocenters. The van der Waals surface area contributed by atoms with Crippen molar-refractivity contribution >= 4 is 22.7 Å². The predicted molar refractivity (Wildman–Crippen MR) is 154 cm³/mol. The molecule has 1 fully saturated rings. The number of anilines is 2. The standard InChI is InChI=1S/C31H37N5O2/c1-36(2)30-26-11-7-8-12-27(26)34-31(35-30)33-25-16-14-24(15-17-25)32-20-23-13-18-28(37-3)29(19-23)38-21-22-9-5-4-6-10-22/h4-13,18-19,24-25,32H,14-17,20-21H2,1-3H3,(H,33,34,35)/t24-,25+. The molecule has 1 saturated carbocycles. The first kappa shape index (κ1) is 25.8. The number of aromatic nitrogens is 2. The second-order valence-corrected chi connectivity index (χ2v) is 10.1. The van der Waals surface area contributed by atoms with Gasteiger partial charge in [0.1, 0.15) is 12.4 Å². The summed E-state index contributed by atoms with van der Waals surface area (Å²) in [5.41, 5.74) is 3.29. The van der Waals surface area contributed by atoms with Crippen molar-refractivity contribution in [2.45, 2.75) is 50.9 Å². The van der Waals surface area contributed by atoms with Crippen LogP contribution in [0.5, 0.6) is 11.5 Å². The highest BCUT2D eigenvalue weighted by Crippen LogP contribution is 2.30. The van der Waals surface area contributed by atoms with E-state index in [9.17, 15) is 0 Å². The molecular formula is C31H37N5O2. The van der Waals surface area contributed by atoms with Gasteiger partial charge in [-0.25, -0.2) is 4.98 Å². The number of hydrogen-bond donors (Lipinski definition) is 2. The summed E-state index contributed by atoms with van der Waals surface area (Å²) in [5, 5.41) is 8.42. The molecule has 1 aromatic heterocycles. The van der Waals surface area contributed by atoms with Gasteiger partial charge in [0.05, 0.1) is 12.6 Å². The number of nitrogens with zero attached hydrogens (tertiary/aromatic N) is 3. The zero-order valence-electron chi connectivity index (χ0n) is 22.5. The van der Waals surface area contributed by atoms with Crippen molar-refractivity contribution in [3.8, 4) is 11.5 Å². The van der Waals surface area contributed by atoms with Crippen LogP contribution in [0.1, 0.15) is 36.8 Å². The lowest BCUT2D eigenvalue weighted by atomic mass is 9.91. The third-order valence-corrected chi connectivity index (χ3v) is 7.13. The van der Waals surface area contributed by atoms with Gasteiger partial charge in [-0.1, -0.05) is 48.5 Å². The van der Waals surface area contributed by atoms with E-state index in [0.29, 0.717) is 24.6 Å². The molecule has 3 aromatic carbocycles. The highest BCUT2D eigenvalue weighted by molar-refractivity contribution is 5.90. The molecule has 0 bridgehead atoms. The van der Waals surface area contributed by atoms with Crippen molar-refractivity contribution in [3.63, 3.8) is 0 Å². The Hall–Kier alpha value is -3.84. The largest absolute Gasteiger partial charge is 0.493 e. The van der Waals surface area contributed by atoms with Crippen LogP contribution in [0.15, 0.2) is 72.8 Å². The van der Waals surface area contributed by atoms with Crippen LogP contribution in [-0.2, 0) is 13.2 Å². The SMILES string of the molecule is COc1ccc(CN[C@H]2CC[C@@H](Nc3nc(N(C)C)c4ccccc4n3)CC2)cc1OCc1ccccc1. The molecule has 1 aliphatic carbocycles. The lowest BCUT2D eigenvalue weighted by Crippen LogP contribution is -2.37. The predicted octanol–water partition coefficient (Wildman–Crippen LogP) is 5.80. The van der Waals surface area contributed by atoms with E-state index in [1.807, 2.05) is 61.5 Å². The van der Waals surface area contributed by atoms with Crippen molar-refractivity contribution in [3.05, 3.63) is 83.9 Å². The van der Waals surface area contributed by atoms with Crippen molar-refractivity contribution in [1.29, 1.82) is 0 Å².